The van der Waals surface area contributed by atoms with Gasteiger partial charge in [0.15, 0.2) is 0 Å². The summed E-state index contributed by atoms with van der Waals surface area (Å²) in [4.78, 5) is 0. The highest BCUT2D eigenvalue weighted by Gasteiger charge is 2.40. The van der Waals surface area contributed by atoms with Crippen LogP contribution in [-0.2, 0) is 9.16 Å². The smallest absolute Gasteiger partial charge is 0.257 e. The predicted octanol–water partition coefficient (Wildman–Crippen LogP) is 5.96. The second-order valence-corrected chi connectivity index (χ2v) is 13.4. The lowest BCUT2D eigenvalue weighted by Crippen LogP contribution is -2.42. The number of hydrogen-bond acceptors (Lipinski definition) is 2. The van der Waals surface area contributed by atoms with Crippen LogP contribution >= 0.6 is 0 Å². The van der Waals surface area contributed by atoms with Gasteiger partial charge in [-0.05, 0) is 55.3 Å². The summed E-state index contributed by atoms with van der Waals surface area (Å²) in [7, 11) is -1.84. The van der Waals surface area contributed by atoms with Crippen molar-refractivity contribution in [3.63, 3.8) is 0 Å². The van der Waals surface area contributed by atoms with Gasteiger partial charge in [0.2, 0.25) is 0 Å². The Labute approximate surface area is 133 Å². The zero-order valence-electron chi connectivity index (χ0n) is 15.5. The first-order valence-electron chi connectivity index (χ1n) is 8.48. The van der Waals surface area contributed by atoms with Gasteiger partial charge in [-0.3, -0.25) is 0 Å². The van der Waals surface area contributed by atoms with Crippen LogP contribution in [0.25, 0.3) is 0 Å². The molecule has 3 atom stereocenters. The summed E-state index contributed by atoms with van der Waals surface area (Å²) in [5.74, 6) is 2.57. The van der Waals surface area contributed by atoms with Crippen LogP contribution in [0.5, 0.6) is 0 Å². The summed E-state index contributed by atoms with van der Waals surface area (Å²) < 4.78 is 12.4. The Kier molecular flexibility index (Phi) is 5.99. The van der Waals surface area contributed by atoms with Crippen LogP contribution < -0.4 is 0 Å². The number of hydrogen-bond donors (Lipinski definition) is 0. The van der Waals surface area contributed by atoms with Crippen LogP contribution in [-0.4, -0.2) is 14.4 Å². The van der Waals surface area contributed by atoms with Crippen LogP contribution in [0.1, 0.15) is 60.8 Å². The fourth-order valence-corrected chi connectivity index (χ4v) is 3.80. The molecule has 0 radical (unpaired) electrons. The molecular formula is C18H36O2Si. The van der Waals surface area contributed by atoms with E-state index in [1.165, 1.54) is 12.8 Å². The molecule has 124 valence electrons. The van der Waals surface area contributed by atoms with E-state index in [0.29, 0.717) is 17.8 Å². The monoisotopic (exact) mass is 312 g/mol. The molecule has 0 N–H and O–H groups in total. The summed E-state index contributed by atoms with van der Waals surface area (Å²) in [5, 5.41) is 0.177. The third kappa shape index (κ3) is 5.05. The molecule has 1 aliphatic carbocycles. The van der Waals surface area contributed by atoms with Crippen molar-refractivity contribution in [3.8, 4) is 0 Å². The first-order valence-corrected chi connectivity index (χ1v) is 11.4. The zero-order valence-corrected chi connectivity index (χ0v) is 16.5. The van der Waals surface area contributed by atoms with Gasteiger partial charge in [0.25, 0.3) is 14.3 Å². The summed E-state index contributed by atoms with van der Waals surface area (Å²) in [5.41, 5.74) is 0. The van der Waals surface area contributed by atoms with Crippen LogP contribution in [0.15, 0.2) is 12.5 Å². The molecule has 0 heterocycles. The Morgan fingerprint density at radius 3 is 2.24 bits per heavy atom. The minimum atomic E-state index is -1.84. The minimum Gasteiger partial charge on any atom is -0.519 e. The number of ether oxygens (including phenoxy) is 1. The molecule has 0 aromatic heterocycles. The molecule has 0 aliphatic heterocycles. The Morgan fingerprint density at radius 1 is 1.19 bits per heavy atom. The molecule has 1 aliphatic rings. The average molecular weight is 313 g/mol. The van der Waals surface area contributed by atoms with Gasteiger partial charge in [0, 0.05) is 0 Å². The quantitative estimate of drug-likeness (QED) is 0.461. The van der Waals surface area contributed by atoms with Crippen LogP contribution in [0.3, 0.4) is 0 Å². The van der Waals surface area contributed by atoms with Gasteiger partial charge in [-0.2, -0.15) is 0 Å². The predicted molar refractivity (Wildman–Crippen MR) is 93.6 cm³/mol. The highest BCUT2D eigenvalue weighted by molar-refractivity contribution is 6.74. The van der Waals surface area contributed by atoms with Crippen molar-refractivity contribution in [1.82, 2.24) is 0 Å². The molecular weight excluding hydrogens is 276 g/mol. The molecule has 21 heavy (non-hydrogen) atoms. The molecule has 2 nitrogen and oxygen atoms in total. The van der Waals surface area contributed by atoms with E-state index in [-0.39, 0.29) is 11.1 Å². The van der Waals surface area contributed by atoms with Gasteiger partial charge >= 0.3 is 0 Å². The van der Waals surface area contributed by atoms with Gasteiger partial charge in [-0.15, -0.1) is 0 Å². The first-order chi connectivity index (χ1) is 9.44. The maximum atomic E-state index is 6.19. The highest BCUT2D eigenvalue weighted by atomic mass is 28.4. The maximum Gasteiger partial charge on any atom is 0.257 e. The molecule has 1 rings (SSSR count). The summed E-state index contributed by atoms with van der Waals surface area (Å²) in [6.07, 6.45) is 3.98. The van der Waals surface area contributed by atoms with Crippen LogP contribution in [0.2, 0.25) is 18.1 Å². The standard InChI is InChI=1S/C18H36O2Si/c1-13(2)16-11-10-14(3)12-17(16)19-15(4)20-21(8,9)18(5,6)7/h13-14,16-17H,4,10-12H2,1-3,5-9H3/t14-,16+,17-/m1/s1. The van der Waals surface area contributed by atoms with E-state index in [9.17, 15) is 0 Å². The Morgan fingerprint density at radius 2 is 1.76 bits per heavy atom. The van der Waals surface area contributed by atoms with Crippen LogP contribution in [0, 0.1) is 17.8 Å². The molecule has 0 spiro atoms. The van der Waals surface area contributed by atoms with Gasteiger partial charge < -0.3 is 9.16 Å². The molecule has 1 fully saturated rings. The lowest BCUT2D eigenvalue weighted by Gasteiger charge is -2.40. The van der Waals surface area contributed by atoms with E-state index >= 15 is 0 Å². The fraction of sp³-hybridized carbons (Fsp3) is 0.889. The lowest BCUT2D eigenvalue weighted by atomic mass is 9.75. The van der Waals surface area contributed by atoms with Crippen LogP contribution in [0.4, 0.5) is 0 Å². The average Bonchev–Trinajstić information content (AvgIpc) is 2.25. The molecule has 0 amide bonds. The van der Waals surface area contributed by atoms with Crippen molar-refractivity contribution in [2.45, 2.75) is 85.0 Å². The topological polar surface area (TPSA) is 18.5 Å². The number of rotatable bonds is 5. The van der Waals surface area contributed by atoms with Crippen molar-refractivity contribution in [3.05, 3.63) is 12.5 Å². The third-order valence-electron chi connectivity index (χ3n) is 5.42. The Hall–Kier alpha value is -0.443. The summed E-state index contributed by atoms with van der Waals surface area (Å²) >= 11 is 0. The Balaban J connectivity index is 2.67. The van der Waals surface area contributed by atoms with E-state index in [2.05, 4.69) is 61.2 Å². The first kappa shape index (κ1) is 18.6. The molecule has 1 saturated carbocycles. The minimum absolute atomic E-state index is 0.177. The molecule has 0 bridgehead atoms. The molecule has 0 aromatic carbocycles. The Bertz CT molecular complexity index is 355. The highest BCUT2D eigenvalue weighted by Crippen LogP contribution is 2.40. The zero-order chi connectivity index (χ0) is 16.4. The van der Waals surface area contributed by atoms with Crippen molar-refractivity contribution in [2.24, 2.45) is 17.8 Å². The van der Waals surface area contributed by atoms with E-state index < -0.39 is 8.32 Å². The van der Waals surface area contributed by atoms with Crippen molar-refractivity contribution in [2.75, 3.05) is 0 Å². The second-order valence-electron chi connectivity index (χ2n) is 8.72. The second kappa shape index (κ2) is 6.76. The van der Waals surface area contributed by atoms with Crippen molar-refractivity contribution < 1.29 is 9.16 Å². The molecule has 3 heteroatoms. The van der Waals surface area contributed by atoms with Gasteiger partial charge in [0.05, 0.1) is 0 Å². The van der Waals surface area contributed by atoms with E-state index in [1.807, 2.05) is 0 Å². The molecule has 0 unspecified atom stereocenters. The van der Waals surface area contributed by atoms with E-state index in [1.54, 1.807) is 0 Å². The molecule has 0 saturated heterocycles. The lowest BCUT2D eigenvalue weighted by molar-refractivity contribution is -0.0396. The van der Waals surface area contributed by atoms with E-state index in [4.69, 9.17) is 9.16 Å². The molecule has 0 aromatic rings. The van der Waals surface area contributed by atoms with Crippen molar-refractivity contribution in [1.29, 1.82) is 0 Å². The van der Waals surface area contributed by atoms with Gasteiger partial charge in [-0.25, -0.2) is 0 Å². The summed E-state index contributed by atoms with van der Waals surface area (Å²) in [6.45, 7) is 22.2. The van der Waals surface area contributed by atoms with Gasteiger partial charge in [0.1, 0.15) is 6.10 Å². The summed E-state index contributed by atoms with van der Waals surface area (Å²) in [6, 6.07) is 0. The third-order valence-corrected chi connectivity index (χ3v) is 9.77. The maximum absolute atomic E-state index is 6.19. The van der Waals surface area contributed by atoms with E-state index in [0.717, 1.165) is 12.3 Å². The normalized spacial score (nSPS) is 27.6. The fourth-order valence-electron chi connectivity index (χ4n) is 2.88. The van der Waals surface area contributed by atoms with Crippen molar-refractivity contribution >= 4 is 8.32 Å². The van der Waals surface area contributed by atoms with Gasteiger partial charge in [-0.1, -0.05) is 48.0 Å². The SMILES string of the molecule is C=C(O[C@@H]1C[C@H](C)CC[C@H]1C(C)C)O[Si](C)(C)C(C)(C)C. The largest absolute Gasteiger partial charge is 0.519 e.